The first-order valence-corrected chi connectivity index (χ1v) is 5.47. The predicted octanol–water partition coefficient (Wildman–Crippen LogP) is 0.923. The monoisotopic (exact) mass is 198 g/mol. The number of fused-ring (bicyclic) bond motifs is 4. The van der Waals surface area contributed by atoms with Gasteiger partial charge in [0.05, 0.1) is 6.61 Å². The summed E-state index contributed by atoms with van der Waals surface area (Å²) in [5.74, 6) is 0. The van der Waals surface area contributed by atoms with Gasteiger partial charge in [0.25, 0.3) is 0 Å². The fraction of sp³-hybridized carbons (Fsp3) is 0.900. The Balaban J connectivity index is 2.00. The standard InChI is InChI=1S/C10H18N2O2/c1-2-14-10(13)12-8-7-11-5-3-9(12)4-6-11/h9H,2-8H2,1H3. The van der Waals surface area contributed by atoms with Gasteiger partial charge in [0.1, 0.15) is 0 Å². The second kappa shape index (κ2) is 4.17. The van der Waals surface area contributed by atoms with Crippen molar-refractivity contribution in [3.05, 3.63) is 0 Å². The maximum atomic E-state index is 11.6. The van der Waals surface area contributed by atoms with E-state index >= 15 is 0 Å². The van der Waals surface area contributed by atoms with Gasteiger partial charge in [-0.2, -0.15) is 0 Å². The summed E-state index contributed by atoms with van der Waals surface area (Å²) in [5, 5.41) is 0. The number of carbonyl (C=O) groups excluding carboxylic acids is 1. The molecule has 3 heterocycles. The Morgan fingerprint density at radius 3 is 2.64 bits per heavy atom. The van der Waals surface area contributed by atoms with Crippen molar-refractivity contribution in [2.75, 3.05) is 32.8 Å². The van der Waals surface area contributed by atoms with Crippen LogP contribution in [0.15, 0.2) is 0 Å². The lowest BCUT2D eigenvalue weighted by atomic mass is 10.1. The van der Waals surface area contributed by atoms with Gasteiger partial charge in [-0.05, 0) is 19.8 Å². The normalized spacial score (nSPS) is 31.4. The van der Waals surface area contributed by atoms with Gasteiger partial charge in [0.15, 0.2) is 0 Å². The third-order valence-electron chi connectivity index (χ3n) is 3.16. The van der Waals surface area contributed by atoms with E-state index in [1.807, 2.05) is 11.8 Å². The third-order valence-corrected chi connectivity index (χ3v) is 3.16. The van der Waals surface area contributed by atoms with Crippen LogP contribution >= 0.6 is 0 Å². The smallest absolute Gasteiger partial charge is 0.410 e. The molecule has 4 nitrogen and oxygen atoms in total. The minimum absolute atomic E-state index is 0.124. The van der Waals surface area contributed by atoms with E-state index in [-0.39, 0.29) is 6.09 Å². The predicted molar refractivity (Wildman–Crippen MR) is 53.2 cm³/mol. The van der Waals surface area contributed by atoms with Crippen LogP contribution in [0.2, 0.25) is 0 Å². The van der Waals surface area contributed by atoms with Gasteiger partial charge in [-0.15, -0.1) is 0 Å². The molecule has 0 N–H and O–H groups in total. The van der Waals surface area contributed by atoms with Gasteiger partial charge < -0.3 is 14.5 Å². The lowest BCUT2D eigenvalue weighted by Crippen LogP contribution is -2.41. The van der Waals surface area contributed by atoms with Crippen molar-refractivity contribution in [1.29, 1.82) is 0 Å². The molecule has 0 aromatic carbocycles. The number of ether oxygens (including phenoxy) is 1. The third kappa shape index (κ3) is 1.85. The van der Waals surface area contributed by atoms with Crippen LogP contribution in [0.3, 0.4) is 0 Å². The number of rotatable bonds is 1. The molecule has 0 spiro atoms. The summed E-state index contributed by atoms with van der Waals surface area (Å²) in [6, 6.07) is 0.424. The SMILES string of the molecule is CCOC(=O)N1CCN2CCC1CC2. The van der Waals surface area contributed by atoms with Crippen LogP contribution in [0.1, 0.15) is 19.8 Å². The average molecular weight is 198 g/mol. The van der Waals surface area contributed by atoms with Crippen LogP contribution in [-0.2, 0) is 4.74 Å². The average Bonchev–Trinajstić information content (AvgIpc) is 2.51. The first-order valence-electron chi connectivity index (χ1n) is 5.47. The molecule has 0 aromatic rings. The molecule has 0 unspecified atom stereocenters. The molecule has 0 radical (unpaired) electrons. The Morgan fingerprint density at radius 1 is 1.29 bits per heavy atom. The molecular weight excluding hydrogens is 180 g/mol. The summed E-state index contributed by atoms with van der Waals surface area (Å²) in [6.45, 7) is 6.46. The summed E-state index contributed by atoms with van der Waals surface area (Å²) >= 11 is 0. The fourth-order valence-corrected chi connectivity index (χ4v) is 2.33. The second-order valence-corrected chi connectivity index (χ2v) is 3.97. The summed E-state index contributed by atoms with van der Waals surface area (Å²) in [5.41, 5.74) is 0. The number of amides is 1. The minimum atomic E-state index is -0.124. The molecule has 3 aliphatic heterocycles. The Hall–Kier alpha value is -0.770. The van der Waals surface area contributed by atoms with E-state index in [0.29, 0.717) is 12.6 Å². The number of hydrogen-bond acceptors (Lipinski definition) is 3. The zero-order valence-electron chi connectivity index (χ0n) is 8.74. The highest BCUT2D eigenvalue weighted by molar-refractivity contribution is 5.68. The van der Waals surface area contributed by atoms with Crippen molar-refractivity contribution in [1.82, 2.24) is 9.80 Å². The van der Waals surface area contributed by atoms with Gasteiger partial charge in [0, 0.05) is 32.2 Å². The maximum Gasteiger partial charge on any atom is 0.410 e. The molecule has 3 rings (SSSR count). The molecule has 2 bridgehead atoms. The summed E-state index contributed by atoms with van der Waals surface area (Å²) in [6.07, 6.45) is 2.10. The van der Waals surface area contributed by atoms with Crippen LogP contribution in [0, 0.1) is 0 Å². The maximum absolute atomic E-state index is 11.6. The van der Waals surface area contributed by atoms with Crippen LogP contribution in [0.5, 0.6) is 0 Å². The number of hydrogen-bond donors (Lipinski definition) is 0. The van der Waals surface area contributed by atoms with E-state index in [1.54, 1.807) is 0 Å². The summed E-state index contributed by atoms with van der Waals surface area (Å²) < 4.78 is 5.06. The van der Waals surface area contributed by atoms with Crippen LogP contribution in [0.4, 0.5) is 4.79 Å². The highest BCUT2D eigenvalue weighted by Crippen LogP contribution is 2.21. The van der Waals surface area contributed by atoms with E-state index in [4.69, 9.17) is 4.74 Å². The molecule has 14 heavy (non-hydrogen) atoms. The van der Waals surface area contributed by atoms with E-state index in [1.165, 1.54) is 0 Å². The highest BCUT2D eigenvalue weighted by atomic mass is 16.6. The molecule has 0 atom stereocenters. The summed E-state index contributed by atoms with van der Waals surface area (Å²) in [7, 11) is 0. The van der Waals surface area contributed by atoms with E-state index in [2.05, 4.69) is 4.90 Å². The molecule has 3 saturated heterocycles. The Bertz CT molecular complexity index is 212. The van der Waals surface area contributed by atoms with Gasteiger partial charge in [0.2, 0.25) is 0 Å². The van der Waals surface area contributed by atoms with Gasteiger partial charge >= 0.3 is 6.09 Å². The number of carbonyl (C=O) groups is 1. The van der Waals surface area contributed by atoms with Crippen molar-refractivity contribution in [2.45, 2.75) is 25.8 Å². The first kappa shape index (κ1) is 9.77. The zero-order valence-corrected chi connectivity index (χ0v) is 8.74. The van der Waals surface area contributed by atoms with Crippen molar-refractivity contribution >= 4 is 6.09 Å². The van der Waals surface area contributed by atoms with Crippen molar-refractivity contribution in [2.24, 2.45) is 0 Å². The Kier molecular flexibility index (Phi) is 2.91. The number of piperidine rings is 1. The lowest BCUT2D eigenvalue weighted by Gasteiger charge is -2.30. The molecule has 80 valence electrons. The zero-order chi connectivity index (χ0) is 9.97. The molecule has 4 heteroatoms. The largest absolute Gasteiger partial charge is 0.450 e. The van der Waals surface area contributed by atoms with E-state index in [0.717, 1.165) is 39.0 Å². The van der Waals surface area contributed by atoms with Crippen LogP contribution in [-0.4, -0.2) is 54.7 Å². The quantitative estimate of drug-likeness (QED) is 0.628. The Morgan fingerprint density at radius 2 is 2.00 bits per heavy atom. The molecule has 1 amide bonds. The van der Waals surface area contributed by atoms with Gasteiger partial charge in [-0.1, -0.05) is 0 Å². The number of nitrogens with zero attached hydrogens (tertiary/aromatic N) is 2. The van der Waals surface area contributed by atoms with Crippen molar-refractivity contribution < 1.29 is 9.53 Å². The van der Waals surface area contributed by atoms with E-state index < -0.39 is 0 Å². The topological polar surface area (TPSA) is 32.8 Å². The molecule has 0 aromatic heterocycles. The van der Waals surface area contributed by atoms with Crippen LogP contribution in [0.25, 0.3) is 0 Å². The molecule has 0 saturated carbocycles. The second-order valence-electron chi connectivity index (χ2n) is 3.97. The Labute approximate surface area is 84.8 Å². The first-order chi connectivity index (χ1) is 6.81. The van der Waals surface area contributed by atoms with Crippen molar-refractivity contribution in [3.8, 4) is 0 Å². The molecule has 3 fully saturated rings. The van der Waals surface area contributed by atoms with Gasteiger partial charge in [-0.3, -0.25) is 0 Å². The van der Waals surface area contributed by atoms with E-state index in [9.17, 15) is 4.79 Å². The molecular formula is C10H18N2O2. The van der Waals surface area contributed by atoms with Crippen LogP contribution < -0.4 is 0 Å². The lowest BCUT2D eigenvalue weighted by molar-refractivity contribution is 0.0911. The highest BCUT2D eigenvalue weighted by Gasteiger charge is 2.32. The fourth-order valence-electron chi connectivity index (χ4n) is 2.33. The molecule has 3 aliphatic rings. The minimum Gasteiger partial charge on any atom is -0.450 e. The van der Waals surface area contributed by atoms with Crippen molar-refractivity contribution in [3.63, 3.8) is 0 Å². The molecule has 0 aliphatic carbocycles. The van der Waals surface area contributed by atoms with Gasteiger partial charge in [-0.25, -0.2) is 4.79 Å². The summed E-state index contributed by atoms with van der Waals surface area (Å²) in [4.78, 5) is 16.0.